The van der Waals surface area contributed by atoms with Gasteiger partial charge in [-0.3, -0.25) is 0 Å². The van der Waals surface area contributed by atoms with Crippen molar-refractivity contribution in [3.63, 3.8) is 0 Å². The van der Waals surface area contributed by atoms with E-state index in [4.69, 9.17) is 9.84 Å². The van der Waals surface area contributed by atoms with Gasteiger partial charge in [0.2, 0.25) is 0 Å². The first kappa shape index (κ1) is 13.3. The summed E-state index contributed by atoms with van der Waals surface area (Å²) in [5.41, 5.74) is 0.947. The van der Waals surface area contributed by atoms with Crippen molar-refractivity contribution in [2.45, 2.75) is 17.4 Å². The molecule has 0 heterocycles. The second-order valence-corrected chi connectivity index (χ2v) is 4.98. The van der Waals surface area contributed by atoms with Crippen molar-refractivity contribution in [1.29, 1.82) is 0 Å². The maximum atomic E-state index is 11.1. The number of carboxylic acid groups (broad SMARTS) is 1. The third-order valence-electron chi connectivity index (χ3n) is 2.43. The Bertz CT molecular complexity index is 391. The predicted molar refractivity (Wildman–Crippen MR) is 70.1 cm³/mol. The Labute approximate surface area is 106 Å². The van der Waals surface area contributed by atoms with Gasteiger partial charge in [-0.1, -0.05) is 6.92 Å². The number of aromatic carboxylic acids is 1. The molecule has 1 aromatic rings. The van der Waals surface area contributed by atoms with Crippen molar-refractivity contribution in [2.24, 2.45) is 0 Å². The minimum atomic E-state index is -0.952. The van der Waals surface area contributed by atoms with Crippen LogP contribution in [0, 0.1) is 0 Å². The van der Waals surface area contributed by atoms with Gasteiger partial charge in [0, 0.05) is 5.92 Å². The Balaban J connectivity index is 3.25. The summed E-state index contributed by atoms with van der Waals surface area (Å²) >= 11 is 8.43. The number of carbonyl (C=O) groups is 1. The molecule has 0 aliphatic carbocycles. The molecule has 0 aromatic heterocycles. The third-order valence-corrected chi connectivity index (χ3v) is 3.32. The van der Waals surface area contributed by atoms with Crippen LogP contribution in [0.5, 0.6) is 5.75 Å². The molecule has 1 N–H and O–H groups in total. The van der Waals surface area contributed by atoms with Gasteiger partial charge in [0.05, 0.1) is 17.3 Å². The molecule has 5 heteroatoms. The summed E-state index contributed by atoms with van der Waals surface area (Å²) in [6.45, 7) is 1.88. The summed E-state index contributed by atoms with van der Waals surface area (Å²) in [7, 11) is 1.54. The average Bonchev–Trinajstić information content (AvgIpc) is 2.26. The van der Waals surface area contributed by atoms with Gasteiger partial charge in [0.15, 0.2) is 0 Å². The number of rotatable bonds is 4. The number of thiol groups is 2. The minimum absolute atomic E-state index is 0.0760. The lowest BCUT2D eigenvalue weighted by atomic mass is 9.96. The van der Waals surface area contributed by atoms with Crippen LogP contribution in [0.1, 0.15) is 28.8 Å². The van der Waals surface area contributed by atoms with E-state index in [-0.39, 0.29) is 16.1 Å². The number of carboxylic acids is 1. The lowest BCUT2D eigenvalue weighted by molar-refractivity contribution is 0.0695. The molecule has 88 valence electrons. The molecule has 0 aliphatic rings. The molecular formula is C11H14O3S2. The highest BCUT2D eigenvalue weighted by atomic mass is 32.2. The van der Waals surface area contributed by atoms with Crippen LogP contribution in [0.25, 0.3) is 0 Å². The zero-order chi connectivity index (χ0) is 12.3. The lowest BCUT2D eigenvalue weighted by Crippen LogP contribution is -2.10. The van der Waals surface area contributed by atoms with Gasteiger partial charge in [0.25, 0.3) is 0 Å². The first-order chi connectivity index (χ1) is 7.47. The van der Waals surface area contributed by atoms with Crippen LogP contribution in [0.2, 0.25) is 0 Å². The highest BCUT2D eigenvalue weighted by Crippen LogP contribution is 2.30. The van der Waals surface area contributed by atoms with E-state index in [2.05, 4.69) is 25.3 Å². The molecule has 0 saturated heterocycles. The zero-order valence-electron chi connectivity index (χ0n) is 9.04. The smallest absolute Gasteiger partial charge is 0.335 e. The molecule has 0 amide bonds. The van der Waals surface area contributed by atoms with Crippen LogP contribution in [0.15, 0.2) is 18.2 Å². The maximum Gasteiger partial charge on any atom is 0.335 e. The molecule has 0 radical (unpaired) electrons. The van der Waals surface area contributed by atoms with Gasteiger partial charge in [0.1, 0.15) is 5.75 Å². The zero-order valence-corrected chi connectivity index (χ0v) is 10.8. The van der Waals surface area contributed by atoms with Gasteiger partial charge in [-0.15, -0.1) is 0 Å². The SMILES string of the molecule is COc1ccc(C(=O)O)c(C(C)C(S)S)c1. The Kier molecular flexibility index (Phi) is 4.56. The molecule has 0 spiro atoms. The fourth-order valence-electron chi connectivity index (χ4n) is 1.40. The lowest BCUT2D eigenvalue weighted by Gasteiger charge is -2.17. The van der Waals surface area contributed by atoms with Crippen LogP contribution < -0.4 is 4.74 Å². The fraction of sp³-hybridized carbons (Fsp3) is 0.364. The first-order valence-electron chi connectivity index (χ1n) is 4.74. The van der Waals surface area contributed by atoms with Gasteiger partial charge in [-0.05, 0) is 23.8 Å². The van der Waals surface area contributed by atoms with Crippen LogP contribution >= 0.6 is 25.3 Å². The summed E-state index contributed by atoms with van der Waals surface area (Å²) in [5, 5.41) is 9.07. The van der Waals surface area contributed by atoms with E-state index in [0.29, 0.717) is 11.3 Å². The Morgan fingerprint density at radius 1 is 1.44 bits per heavy atom. The van der Waals surface area contributed by atoms with E-state index in [0.717, 1.165) is 0 Å². The van der Waals surface area contributed by atoms with E-state index in [9.17, 15) is 4.79 Å². The van der Waals surface area contributed by atoms with Crippen molar-refractivity contribution < 1.29 is 14.6 Å². The molecular weight excluding hydrogens is 244 g/mol. The number of benzene rings is 1. The van der Waals surface area contributed by atoms with Crippen molar-refractivity contribution >= 4 is 31.2 Å². The molecule has 0 aliphatic heterocycles. The van der Waals surface area contributed by atoms with Crippen LogP contribution in [0.4, 0.5) is 0 Å². The van der Waals surface area contributed by atoms with Crippen molar-refractivity contribution in [2.75, 3.05) is 7.11 Å². The third kappa shape index (κ3) is 2.86. The van der Waals surface area contributed by atoms with Crippen LogP contribution in [-0.2, 0) is 0 Å². The van der Waals surface area contributed by atoms with Gasteiger partial charge in [-0.2, -0.15) is 25.3 Å². The first-order valence-corrected chi connectivity index (χ1v) is 5.78. The molecule has 16 heavy (non-hydrogen) atoms. The predicted octanol–water partition coefficient (Wildman–Crippen LogP) is 2.68. The summed E-state index contributed by atoms with van der Waals surface area (Å²) in [6, 6.07) is 4.89. The molecule has 1 atom stereocenters. The van der Waals surface area contributed by atoms with Crippen molar-refractivity contribution in [3.05, 3.63) is 29.3 Å². The highest BCUT2D eigenvalue weighted by molar-refractivity contribution is 7.99. The molecule has 0 saturated carbocycles. The second-order valence-electron chi connectivity index (χ2n) is 3.46. The molecule has 0 bridgehead atoms. The largest absolute Gasteiger partial charge is 0.497 e. The van der Waals surface area contributed by atoms with E-state index in [1.54, 1.807) is 19.2 Å². The molecule has 3 nitrogen and oxygen atoms in total. The standard InChI is InChI=1S/C11H14O3S2/c1-6(11(15)16)9-5-7(14-2)3-4-8(9)10(12)13/h3-6,11,15-16H,1-2H3,(H,12,13). The maximum absolute atomic E-state index is 11.1. The number of hydrogen-bond acceptors (Lipinski definition) is 4. The van der Waals surface area contributed by atoms with Crippen molar-refractivity contribution in [1.82, 2.24) is 0 Å². The number of hydrogen-bond donors (Lipinski definition) is 3. The van der Waals surface area contributed by atoms with E-state index in [1.165, 1.54) is 6.07 Å². The normalized spacial score (nSPS) is 12.6. The summed E-state index contributed by atoms with van der Waals surface area (Å²) in [6.07, 6.45) is 0. The molecule has 0 fully saturated rings. The van der Waals surface area contributed by atoms with E-state index in [1.807, 2.05) is 6.92 Å². The number of methoxy groups -OCH3 is 1. The van der Waals surface area contributed by atoms with E-state index < -0.39 is 5.97 Å². The topological polar surface area (TPSA) is 46.5 Å². The fourth-order valence-corrected chi connectivity index (χ4v) is 1.72. The minimum Gasteiger partial charge on any atom is -0.497 e. The Morgan fingerprint density at radius 2 is 2.06 bits per heavy atom. The van der Waals surface area contributed by atoms with Crippen LogP contribution in [-0.4, -0.2) is 22.8 Å². The monoisotopic (exact) mass is 258 g/mol. The summed E-state index contributed by atoms with van der Waals surface area (Å²) < 4.78 is 4.86. The Hall–Kier alpha value is -0.810. The Morgan fingerprint density at radius 3 is 2.50 bits per heavy atom. The highest BCUT2D eigenvalue weighted by Gasteiger charge is 2.19. The summed E-state index contributed by atoms with van der Waals surface area (Å²) in [5.74, 6) is -0.395. The van der Waals surface area contributed by atoms with Gasteiger partial charge in [-0.25, -0.2) is 4.79 Å². The molecule has 1 aromatic carbocycles. The average molecular weight is 258 g/mol. The van der Waals surface area contributed by atoms with Gasteiger partial charge < -0.3 is 9.84 Å². The van der Waals surface area contributed by atoms with E-state index >= 15 is 0 Å². The quantitative estimate of drug-likeness (QED) is 0.575. The summed E-state index contributed by atoms with van der Waals surface area (Å²) in [4.78, 5) is 11.1. The molecule has 1 unspecified atom stereocenters. The van der Waals surface area contributed by atoms with Crippen molar-refractivity contribution in [3.8, 4) is 5.75 Å². The second kappa shape index (κ2) is 5.50. The number of ether oxygens (including phenoxy) is 1. The van der Waals surface area contributed by atoms with Crippen LogP contribution in [0.3, 0.4) is 0 Å². The molecule has 1 rings (SSSR count). The van der Waals surface area contributed by atoms with Gasteiger partial charge >= 0.3 is 5.97 Å².